The summed E-state index contributed by atoms with van der Waals surface area (Å²) in [6.07, 6.45) is 4.66. The van der Waals surface area contributed by atoms with E-state index in [9.17, 15) is 9.59 Å². The van der Waals surface area contributed by atoms with Crippen LogP contribution in [0.3, 0.4) is 0 Å². The average Bonchev–Trinajstić information content (AvgIpc) is 2.44. The molecule has 4 nitrogen and oxygen atoms in total. The van der Waals surface area contributed by atoms with E-state index in [1.165, 1.54) is 24.0 Å². The topological polar surface area (TPSA) is 66.4 Å². The smallest absolute Gasteiger partial charge is 0.303 e. The lowest BCUT2D eigenvalue weighted by Crippen LogP contribution is -2.27. The van der Waals surface area contributed by atoms with Gasteiger partial charge in [0.2, 0.25) is 5.91 Å². The molecule has 0 heterocycles. The minimum absolute atomic E-state index is 0.0324. The van der Waals surface area contributed by atoms with Crippen LogP contribution in [0.4, 0.5) is 0 Å². The maximum absolute atomic E-state index is 11.6. The molecule has 0 bridgehead atoms. The van der Waals surface area contributed by atoms with Gasteiger partial charge in [0.05, 0.1) is 12.5 Å². The quantitative estimate of drug-likeness (QED) is 0.868. The van der Waals surface area contributed by atoms with Crippen molar-refractivity contribution in [2.24, 2.45) is 0 Å². The number of aliphatic carboxylic acids is 1. The molecule has 0 saturated heterocycles. The fraction of sp³-hybridized carbons (Fsp3) is 0.500. The third-order valence-electron chi connectivity index (χ3n) is 3.82. The van der Waals surface area contributed by atoms with Crippen LogP contribution >= 0.6 is 0 Å². The van der Waals surface area contributed by atoms with Gasteiger partial charge in [0.25, 0.3) is 0 Å². The van der Waals surface area contributed by atoms with Crippen molar-refractivity contribution in [2.45, 2.75) is 51.5 Å². The monoisotopic (exact) mass is 275 g/mol. The number of fused-ring (bicyclic) bond motifs is 1. The Labute approximate surface area is 119 Å². The number of carbonyl (C=O) groups is 2. The maximum Gasteiger partial charge on any atom is 0.303 e. The van der Waals surface area contributed by atoms with Crippen molar-refractivity contribution in [1.29, 1.82) is 0 Å². The molecule has 0 spiro atoms. The highest BCUT2D eigenvalue weighted by molar-refractivity contribution is 5.80. The molecule has 0 saturated carbocycles. The maximum atomic E-state index is 11.6. The predicted octanol–water partition coefficient (Wildman–Crippen LogP) is 2.61. The summed E-state index contributed by atoms with van der Waals surface area (Å²) in [6, 6.07) is 6.32. The normalized spacial score (nSPS) is 15.2. The standard InChI is InChI=1S/C16H21NO3/c1-11(17-15(18)8-9-16(19)20)13-7-6-12-4-2-3-5-14(12)10-13/h6-7,10-11H,2-5,8-9H2,1H3,(H,17,18)(H,19,20). The van der Waals surface area contributed by atoms with Crippen LogP contribution < -0.4 is 5.32 Å². The number of hydrogen-bond donors (Lipinski definition) is 2. The van der Waals surface area contributed by atoms with E-state index >= 15 is 0 Å². The first-order chi connectivity index (χ1) is 9.56. The summed E-state index contributed by atoms with van der Waals surface area (Å²) in [5.41, 5.74) is 3.90. The van der Waals surface area contributed by atoms with Gasteiger partial charge in [-0.05, 0) is 49.3 Å². The molecule has 108 valence electrons. The van der Waals surface area contributed by atoms with E-state index in [2.05, 4.69) is 23.5 Å². The van der Waals surface area contributed by atoms with Crippen LogP contribution in [0.5, 0.6) is 0 Å². The molecular weight excluding hydrogens is 254 g/mol. The molecule has 0 aromatic heterocycles. The highest BCUT2D eigenvalue weighted by Gasteiger charge is 2.14. The number of benzene rings is 1. The van der Waals surface area contributed by atoms with Crippen molar-refractivity contribution in [2.75, 3.05) is 0 Å². The molecule has 0 fully saturated rings. The number of aryl methyl sites for hydroxylation is 2. The summed E-state index contributed by atoms with van der Waals surface area (Å²) in [7, 11) is 0. The molecule has 1 amide bonds. The minimum Gasteiger partial charge on any atom is -0.481 e. The molecule has 1 unspecified atom stereocenters. The number of carboxylic acids is 1. The Kier molecular flexibility index (Phi) is 4.77. The van der Waals surface area contributed by atoms with Crippen LogP contribution in [0.25, 0.3) is 0 Å². The van der Waals surface area contributed by atoms with Gasteiger partial charge in [-0.3, -0.25) is 9.59 Å². The minimum atomic E-state index is -0.943. The third kappa shape index (κ3) is 3.83. The molecule has 0 radical (unpaired) electrons. The van der Waals surface area contributed by atoms with Gasteiger partial charge < -0.3 is 10.4 Å². The zero-order chi connectivity index (χ0) is 14.5. The Morgan fingerprint density at radius 1 is 1.20 bits per heavy atom. The lowest BCUT2D eigenvalue weighted by Gasteiger charge is -2.20. The Balaban J connectivity index is 1.96. The van der Waals surface area contributed by atoms with Crippen molar-refractivity contribution in [3.8, 4) is 0 Å². The highest BCUT2D eigenvalue weighted by Crippen LogP contribution is 2.24. The second-order valence-electron chi connectivity index (χ2n) is 5.42. The summed E-state index contributed by atoms with van der Waals surface area (Å²) >= 11 is 0. The van der Waals surface area contributed by atoms with Crippen LogP contribution in [0, 0.1) is 0 Å². The molecule has 1 aromatic carbocycles. The number of hydrogen-bond acceptors (Lipinski definition) is 2. The molecule has 2 N–H and O–H groups in total. The van der Waals surface area contributed by atoms with Crippen LogP contribution in [0.1, 0.15) is 55.3 Å². The van der Waals surface area contributed by atoms with Gasteiger partial charge in [0.1, 0.15) is 0 Å². The molecule has 1 atom stereocenters. The lowest BCUT2D eigenvalue weighted by atomic mass is 9.89. The Morgan fingerprint density at radius 3 is 2.60 bits per heavy atom. The third-order valence-corrected chi connectivity index (χ3v) is 3.82. The van der Waals surface area contributed by atoms with Crippen molar-refractivity contribution in [1.82, 2.24) is 5.32 Å². The second-order valence-corrected chi connectivity index (χ2v) is 5.42. The zero-order valence-corrected chi connectivity index (χ0v) is 11.8. The predicted molar refractivity (Wildman–Crippen MR) is 76.5 cm³/mol. The zero-order valence-electron chi connectivity index (χ0n) is 11.8. The van der Waals surface area contributed by atoms with Crippen molar-refractivity contribution >= 4 is 11.9 Å². The van der Waals surface area contributed by atoms with Crippen molar-refractivity contribution in [3.05, 3.63) is 34.9 Å². The second kappa shape index (κ2) is 6.55. The summed E-state index contributed by atoms with van der Waals surface area (Å²) in [5, 5.41) is 11.4. The summed E-state index contributed by atoms with van der Waals surface area (Å²) in [4.78, 5) is 22.1. The first-order valence-corrected chi connectivity index (χ1v) is 7.19. The number of rotatable bonds is 5. The Morgan fingerprint density at radius 2 is 1.90 bits per heavy atom. The largest absolute Gasteiger partial charge is 0.481 e. The number of carbonyl (C=O) groups excluding carboxylic acids is 1. The number of amides is 1. The SMILES string of the molecule is CC(NC(=O)CCC(=O)O)c1ccc2c(c1)CCCC2. The molecule has 20 heavy (non-hydrogen) atoms. The fourth-order valence-corrected chi connectivity index (χ4v) is 2.64. The van der Waals surface area contributed by atoms with E-state index in [0.717, 1.165) is 18.4 Å². The average molecular weight is 275 g/mol. The summed E-state index contributed by atoms with van der Waals surface area (Å²) in [6.45, 7) is 1.93. The van der Waals surface area contributed by atoms with E-state index in [-0.39, 0.29) is 24.8 Å². The van der Waals surface area contributed by atoms with Crippen LogP contribution in [0.15, 0.2) is 18.2 Å². The van der Waals surface area contributed by atoms with Crippen molar-refractivity contribution in [3.63, 3.8) is 0 Å². The molecule has 4 heteroatoms. The molecular formula is C16H21NO3. The molecule has 0 aliphatic heterocycles. The van der Waals surface area contributed by atoms with E-state index in [4.69, 9.17) is 5.11 Å². The van der Waals surface area contributed by atoms with Gasteiger partial charge in [0, 0.05) is 6.42 Å². The number of nitrogens with one attached hydrogen (secondary N) is 1. The Bertz CT molecular complexity index is 510. The fourth-order valence-electron chi connectivity index (χ4n) is 2.64. The van der Waals surface area contributed by atoms with Gasteiger partial charge >= 0.3 is 5.97 Å². The van der Waals surface area contributed by atoms with Crippen LogP contribution in [-0.2, 0) is 22.4 Å². The van der Waals surface area contributed by atoms with E-state index in [1.54, 1.807) is 0 Å². The van der Waals surface area contributed by atoms with E-state index in [1.807, 2.05) is 6.92 Å². The van der Waals surface area contributed by atoms with Crippen molar-refractivity contribution < 1.29 is 14.7 Å². The number of carboxylic acid groups (broad SMARTS) is 1. The van der Waals surface area contributed by atoms with Gasteiger partial charge in [-0.15, -0.1) is 0 Å². The van der Waals surface area contributed by atoms with Crippen LogP contribution in [0.2, 0.25) is 0 Å². The lowest BCUT2D eigenvalue weighted by molar-refractivity contribution is -0.138. The molecule has 1 aromatic rings. The highest BCUT2D eigenvalue weighted by atomic mass is 16.4. The molecule has 1 aliphatic rings. The Hall–Kier alpha value is -1.84. The van der Waals surface area contributed by atoms with Crippen LogP contribution in [-0.4, -0.2) is 17.0 Å². The van der Waals surface area contributed by atoms with Gasteiger partial charge in [-0.25, -0.2) is 0 Å². The first-order valence-electron chi connectivity index (χ1n) is 7.19. The van der Waals surface area contributed by atoms with E-state index in [0.29, 0.717) is 0 Å². The van der Waals surface area contributed by atoms with Gasteiger partial charge in [0.15, 0.2) is 0 Å². The van der Waals surface area contributed by atoms with Gasteiger partial charge in [-0.1, -0.05) is 18.2 Å². The molecule has 1 aliphatic carbocycles. The molecule has 2 rings (SSSR count). The van der Waals surface area contributed by atoms with E-state index < -0.39 is 5.97 Å². The summed E-state index contributed by atoms with van der Waals surface area (Å²) < 4.78 is 0. The van der Waals surface area contributed by atoms with Gasteiger partial charge in [-0.2, -0.15) is 0 Å². The first kappa shape index (κ1) is 14.6. The summed E-state index contributed by atoms with van der Waals surface area (Å²) in [5.74, 6) is -1.15.